The van der Waals surface area contributed by atoms with Crippen LogP contribution in [-0.4, -0.2) is 37.7 Å². The summed E-state index contributed by atoms with van der Waals surface area (Å²) in [6.45, 7) is 4.22. The van der Waals surface area contributed by atoms with Crippen molar-refractivity contribution in [1.29, 1.82) is 0 Å². The van der Waals surface area contributed by atoms with Crippen LogP contribution in [0.15, 0.2) is 39.6 Å². The fourth-order valence-electron chi connectivity index (χ4n) is 3.39. The van der Waals surface area contributed by atoms with E-state index in [2.05, 4.69) is 20.3 Å². The van der Waals surface area contributed by atoms with Crippen LogP contribution in [-0.2, 0) is 0 Å². The van der Waals surface area contributed by atoms with E-state index in [0.29, 0.717) is 29.4 Å². The number of benzene rings is 1. The Morgan fingerprint density at radius 1 is 1.26 bits per heavy atom. The molecule has 3 heterocycles. The molecule has 27 heavy (non-hydrogen) atoms. The van der Waals surface area contributed by atoms with Gasteiger partial charge in [-0.05, 0) is 50.5 Å². The molecule has 3 aromatic rings. The number of aromatic nitrogens is 4. The lowest BCUT2D eigenvalue weighted by atomic mass is 10.0. The molecular formula is C19H19N5O3. The molecule has 1 N–H and O–H groups in total. The molecular weight excluding hydrogens is 346 g/mol. The van der Waals surface area contributed by atoms with Gasteiger partial charge in [0.15, 0.2) is 5.82 Å². The van der Waals surface area contributed by atoms with Crippen LogP contribution in [0, 0.1) is 13.8 Å². The van der Waals surface area contributed by atoms with Gasteiger partial charge in [0.25, 0.3) is 11.5 Å². The van der Waals surface area contributed by atoms with Crippen molar-refractivity contribution in [1.82, 2.24) is 25.2 Å². The van der Waals surface area contributed by atoms with Crippen LogP contribution in [0.5, 0.6) is 0 Å². The molecule has 0 unspecified atom stereocenters. The summed E-state index contributed by atoms with van der Waals surface area (Å²) < 4.78 is 5.27. The number of carbonyl (C=O) groups is 1. The topological polar surface area (TPSA) is 105 Å². The Morgan fingerprint density at radius 3 is 2.74 bits per heavy atom. The minimum Gasteiger partial charge on any atom is -0.337 e. The molecule has 1 aliphatic heterocycles. The highest BCUT2D eigenvalue weighted by Gasteiger charge is 2.34. The third-order valence-electron chi connectivity index (χ3n) is 4.72. The molecule has 1 saturated heterocycles. The number of hydrogen-bond donors (Lipinski definition) is 1. The van der Waals surface area contributed by atoms with Gasteiger partial charge in [-0.15, -0.1) is 0 Å². The number of likely N-dealkylation sites (tertiary alicyclic amines) is 1. The third-order valence-corrected chi connectivity index (χ3v) is 4.72. The van der Waals surface area contributed by atoms with Crippen molar-refractivity contribution in [2.75, 3.05) is 6.54 Å². The molecule has 1 aromatic carbocycles. The second-order valence-electron chi connectivity index (χ2n) is 6.67. The Bertz CT molecular complexity index is 1040. The van der Waals surface area contributed by atoms with E-state index in [1.54, 1.807) is 42.2 Å². The normalized spacial score (nSPS) is 16.7. The Hall–Kier alpha value is -3.29. The smallest absolute Gasteiger partial charge is 0.272 e. The summed E-state index contributed by atoms with van der Waals surface area (Å²) in [6, 6.07) is 8.56. The molecule has 0 spiro atoms. The first kappa shape index (κ1) is 17.1. The Morgan fingerprint density at radius 2 is 2.04 bits per heavy atom. The number of aromatic amines is 1. The van der Waals surface area contributed by atoms with Crippen LogP contribution in [0.1, 0.15) is 46.7 Å². The van der Waals surface area contributed by atoms with Crippen LogP contribution < -0.4 is 5.56 Å². The van der Waals surface area contributed by atoms with Gasteiger partial charge in [0.05, 0.1) is 11.3 Å². The van der Waals surface area contributed by atoms with Crippen LogP contribution >= 0.6 is 0 Å². The van der Waals surface area contributed by atoms with Crippen molar-refractivity contribution < 1.29 is 9.32 Å². The van der Waals surface area contributed by atoms with Gasteiger partial charge in [0, 0.05) is 12.1 Å². The summed E-state index contributed by atoms with van der Waals surface area (Å²) in [6.07, 6.45) is 1.69. The van der Waals surface area contributed by atoms with E-state index in [0.717, 1.165) is 24.1 Å². The zero-order valence-electron chi connectivity index (χ0n) is 15.1. The predicted molar refractivity (Wildman–Crippen MR) is 97.1 cm³/mol. The maximum absolute atomic E-state index is 13.0. The van der Waals surface area contributed by atoms with Gasteiger partial charge in [-0.3, -0.25) is 9.59 Å². The van der Waals surface area contributed by atoms with E-state index in [1.807, 2.05) is 6.92 Å². The number of hydrogen-bond acceptors (Lipinski definition) is 6. The highest BCUT2D eigenvalue weighted by molar-refractivity contribution is 5.95. The summed E-state index contributed by atoms with van der Waals surface area (Å²) in [4.78, 5) is 31.0. The van der Waals surface area contributed by atoms with Crippen molar-refractivity contribution >= 4 is 5.91 Å². The maximum Gasteiger partial charge on any atom is 0.272 e. The van der Waals surface area contributed by atoms with Crippen LogP contribution in [0.2, 0.25) is 0 Å². The van der Waals surface area contributed by atoms with Crippen LogP contribution in [0.4, 0.5) is 0 Å². The lowest BCUT2D eigenvalue weighted by Crippen LogP contribution is -2.30. The summed E-state index contributed by atoms with van der Waals surface area (Å²) in [5.41, 5.74) is 2.29. The quantitative estimate of drug-likeness (QED) is 0.764. The molecule has 0 radical (unpaired) electrons. The average Bonchev–Trinajstić information content (AvgIpc) is 3.32. The van der Waals surface area contributed by atoms with Crippen LogP contribution in [0.25, 0.3) is 11.1 Å². The number of nitrogens with zero attached hydrogens (tertiary/aromatic N) is 4. The zero-order chi connectivity index (χ0) is 19.0. The largest absolute Gasteiger partial charge is 0.337 e. The van der Waals surface area contributed by atoms with Gasteiger partial charge < -0.3 is 9.42 Å². The van der Waals surface area contributed by atoms with Crippen molar-refractivity contribution in [2.24, 2.45) is 0 Å². The minimum atomic E-state index is -0.258. The van der Waals surface area contributed by atoms with Crippen molar-refractivity contribution in [3.05, 3.63) is 63.7 Å². The summed E-state index contributed by atoms with van der Waals surface area (Å²) in [5.74, 6) is 0.958. The molecule has 138 valence electrons. The number of amides is 1. The molecule has 0 saturated carbocycles. The fraction of sp³-hybridized carbons (Fsp3) is 0.316. The molecule has 0 aliphatic carbocycles. The SMILES string of the molecule is Cc1cc(-c2ccc(C(=O)N3CCC[C@H]3c3nc(C)no3)cc2)c(=O)[nH]n1. The lowest BCUT2D eigenvalue weighted by molar-refractivity contribution is 0.0710. The van der Waals surface area contributed by atoms with E-state index < -0.39 is 0 Å². The standard InChI is InChI=1S/C19H19N5O3/c1-11-10-15(17(25)22-21-11)13-5-7-14(8-6-13)19(26)24-9-3-4-16(24)18-20-12(2)23-27-18/h5-8,10,16H,3-4,9H2,1-2H3,(H,22,25)/t16-/m0/s1. The Labute approximate surface area is 155 Å². The van der Waals surface area contributed by atoms with E-state index in [-0.39, 0.29) is 17.5 Å². The fourth-order valence-corrected chi connectivity index (χ4v) is 3.39. The summed E-state index contributed by atoms with van der Waals surface area (Å²) in [7, 11) is 0. The third kappa shape index (κ3) is 3.25. The molecule has 1 atom stereocenters. The van der Waals surface area contributed by atoms with Crippen molar-refractivity contribution in [3.63, 3.8) is 0 Å². The van der Waals surface area contributed by atoms with Gasteiger partial charge in [-0.2, -0.15) is 10.1 Å². The molecule has 2 aromatic heterocycles. The van der Waals surface area contributed by atoms with Gasteiger partial charge in [-0.25, -0.2) is 5.10 Å². The average molecular weight is 365 g/mol. The first-order chi connectivity index (χ1) is 13.0. The zero-order valence-corrected chi connectivity index (χ0v) is 15.1. The van der Waals surface area contributed by atoms with E-state index in [9.17, 15) is 9.59 Å². The maximum atomic E-state index is 13.0. The molecule has 8 heteroatoms. The molecule has 1 amide bonds. The van der Waals surface area contributed by atoms with E-state index in [1.165, 1.54) is 0 Å². The first-order valence-corrected chi connectivity index (χ1v) is 8.81. The first-order valence-electron chi connectivity index (χ1n) is 8.81. The number of nitrogens with one attached hydrogen (secondary N) is 1. The van der Waals surface area contributed by atoms with Crippen molar-refractivity contribution in [2.45, 2.75) is 32.7 Å². The molecule has 8 nitrogen and oxygen atoms in total. The second kappa shape index (κ2) is 6.79. The summed E-state index contributed by atoms with van der Waals surface area (Å²) in [5, 5.41) is 10.2. The lowest BCUT2D eigenvalue weighted by Gasteiger charge is -2.22. The highest BCUT2D eigenvalue weighted by Crippen LogP contribution is 2.32. The van der Waals surface area contributed by atoms with Crippen molar-refractivity contribution in [3.8, 4) is 11.1 Å². The number of rotatable bonds is 3. The van der Waals surface area contributed by atoms with E-state index >= 15 is 0 Å². The monoisotopic (exact) mass is 365 g/mol. The van der Waals surface area contributed by atoms with Crippen LogP contribution in [0.3, 0.4) is 0 Å². The second-order valence-corrected chi connectivity index (χ2v) is 6.67. The van der Waals surface area contributed by atoms with Gasteiger partial charge in [0.2, 0.25) is 5.89 Å². The van der Waals surface area contributed by atoms with Gasteiger partial charge in [0.1, 0.15) is 6.04 Å². The number of carbonyl (C=O) groups excluding carboxylic acids is 1. The molecule has 0 bridgehead atoms. The van der Waals surface area contributed by atoms with Gasteiger partial charge >= 0.3 is 0 Å². The molecule has 1 aliphatic rings. The number of H-pyrrole nitrogens is 1. The van der Waals surface area contributed by atoms with E-state index in [4.69, 9.17) is 4.52 Å². The Kier molecular flexibility index (Phi) is 4.31. The highest BCUT2D eigenvalue weighted by atomic mass is 16.5. The predicted octanol–water partition coefficient (Wildman–Crippen LogP) is 2.41. The summed E-state index contributed by atoms with van der Waals surface area (Å²) >= 11 is 0. The number of aryl methyl sites for hydroxylation is 2. The van der Waals surface area contributed by atoms with Gasteiger partial charge in [-0.1, -0.05) is 17.3 Å². The Balaban J connectivity index is 1.59. The molecule has 1 fully saturated rings. The molecule has 4 rings (SSSR count). The minimum absolute atomic E-state index is 0.0836.